The molecule has 0 spiro atoms. The van der Waals surface area contributed by atoms with Crippen molar-refractivity contribution in [2.24, 2.45) is 0 Å². The topological polar surface area (TPSA) is 70.5 Å². The normalized spacial score (nSPS) is 19.2. The fourth-order valence-electron chi connectivity index (χ4n) is 3.09. The highest BCUT2D eigenvalue weighted by Crippen LogP contribution is 2.44. The van der Waals surface area contributed by atoms with Crippen molar-refractivity contribution >= 4 is 33.3 Å². The summed E-state index contributed by atoms with van der Waals surface area (Å²) in [6, 6.07) is 8.65. The first-order chi connectivity index (χ1) is 12.0. The van der Waals surface area contributed by atoms with E-state index in [0.717, 1.165) is 17.3 Å². The molecule has 0 unspecified atom stereocenters. The minimum atomic E-state index is -1.85. The molecule has 1 atom stereocenters. The van der Waals surface area contributed by atoms with Crippen LogP contribution in [0.1, 0.15) is 42.1 Å². The second kappa shape index (κ2) is 7.06. The predicted octanol–water partition coefficient (Wildman–Crippen LogP) is 3.45. The zero-order valence-corrected chi connectivity index (χ0v) is 15.5. The number of aliphatic hydroxyl groups is 1. The second-order valence-corrected chi connectivity index (χ2v) is 7.09. The number of amides is 1. The van der Waals surface area contributed by atoms with Gasteiger partial charge in [-0.15, -0.1) is 0 Å². The second-order valence-electron chi connectivity index (χ2n) is 6.17. The van der Waals surface area contributed by atoms with E-state index >= 15 is 0 Å². The molecule has 1 aromatic carbocycles. The zero-order valence-electron chi connectivity index (χ0n) is 13.9. The first kappa shape index (κ1) is 17.8. The fraction of sp³-hybridized carbons (Fsp3) is 0.316. The SMILES string of the molecule is CCCCN1C(=O)[C@@](O)(CC(=O)c2cccnc2)c2cc(Br)ccc21. The van der Waals surface area contributed by atoms with Crippen LogP contribution in [0.15, 0.2) is 47.2 Å². The van der Waals surface area contributed by atoms with Crippen LogP contribution in [-0.2, 0) is 10.4 Å². The molecule has 0 aliphatic carbocycles. The Hall–Kier alpha value is -2.05. The van der Waals surface area contributed by atoms with E-state index in [4.69, 9.17) is 0 Å². The Labute approximate surface area is 154 Å². The van der Waals surface area contributed by atoms with Gasteiger partial charge in [0, 0.05) is 34.5 Å². The summed E-state index contributed by atoms with van der Waals surface area (Å²) in [5, 5.41) is 11.2. The van der Waals surface area contributed by atoms with Gasteiger partial charge in [-0.25, -0.2) is 0 Å². The van der Waals surface area contributed by atoms with Crippen LogP contribution in [-0.4, -0.2) is 28.3 Å². The number of hydrogen-bond donors (Lipinski definition) is 1. The van der Waals surface area contributed by atoms with Crippen molar-refractivity contribution in [2.45, 2.75) is 31.8 Å². The maximum Gasteiger partial charge on any atom is 0.264 e. The molecule has 5 nitrogen and oxygen atoms in total. The van der Waals surface area contributed by atoms with Gasteiger partial charge < -0.3 is 10.0 Å². The van der Waals surface area contributed by atoms with Gasteiger partial charge in [-0.2, -0.15) is 0 Å². The number of benzene rings is 1. The lowest BCUT2D eigenvalue weighted by molar-refractivity contribution is -0.135. The number of Topliss-reactive ketones (excluding diaryl/α,β-unsaturated/α-hetero) is 1. The van der Waals surface area contributed by atoms with E-state index in [-0.39, 0.29) is 12.2 Å². The van der Waals surface area contributed by atoms with Crippen LogP contribution in [0.5, 0.6) is 0 Å². The van der Waals surface area contributed by atoms with E-state index in [9.17, 15) is 14.7 Å². The summed E-state index contributed by atoms with van der Waals surface area (Å²) in [5.74, 6) is -0.751. The Morgan fingerprint density at radius 1 is 1.36 bits per heavy atom. The summed E-state index contributed by atoms with van der Waals surface area (Å²) >= 11 is 3.38. The molecule has 2 aromatic rings. The molecule has 1 aromatic heterocycles. The van der Waals surface area contributed by atoms with Crippen LogP contribution in [0.3, 0.4) is 0 Å². The van der Waals surface area contributed by atoms with E-state index in [2.05, 4.69) is 20.9 Å². The Kier molecular flexibility index (Phi) is 5.01. The van der Waals surface area contributed by atoms with Crippen molar-refractivity contribution in [1.82, 2.24) is 4.98 Å². The van der Waals surface area contributed by atoms with Crippen LogP contribution in [0, 0.1) is 0 Å². The van der Waals surface area contributed by atoms with Gasteiger partial charge in [0.15, 0.2) is 11.4 Å². The van der Waals surface area contributed by atoms with Gasteiger partial charge in [0.2, 0.25) is 0 Å². The molecule has 1 amide bonds. The number of unbranched alkanes of at least 4 members (excludes halogenated alkanes) is 1. The van der Waals surface area contributed by atoms with Crippen molar-refractivity contribution in [2.75, 3.05) is 11.4 Å². The molecule has 3 rings (SSSR count). The van der Waals surface area contributed by atoms with Crippen LogP contribution in [0.25, 0.3) is 0 Å². The molecule has 1 aliphatic heterocycles. The van der Waals surface area contributed by atoms with Gasteiger partial charge in [-0.3, -0.25) is 14.6 Å². The molecule has 0 saturated heterocycles. The Balaban J connectivity index is 1.98. The molecular formula is C19H19BrN2O3. The number of pyridine rings is 1. The number of halogens is 1. The molecular weight excluding hydrogens is 384 g/mol. The van der Waals surface area contributed by atoms with Crippen LogP contribution >= 0.6 is 15.9 Å². The molecule has 0 fully saturated rings. The first-order valence-corrected chi connectivity index (χ1v) is 9.04. The van der Waals surface area contributed by atoms with Crippen molar-refractivity contribution in [3.63, 3.8) is 0 Å². The van der Waals surface area contributed by atoms with Crippen molar-refractivity contribution in [3.05, 3.63) is 58.3 Å². The number of hydrogen-bond acceptors (Lipinski definition) is 4. The van der Waals surface area contributed by atoms with Crippen molar-refractivity contribution in [1.29, 1.82) is 0 Å². The minimum absolute atomic E-state index is 0.302. The lowest BCUT2D eigenvalue weighted by Crippen LogP contribution is -2.42. The third-order valence-electron chi connectivity index (χ3n) is 4.43. The standard InChI is InChI=1S/C19H19BrN2O3/c1-2-3-9-22-16-7-6-14(20)10-15(16)19(25,18(22)24)11-17(23)13-5-4-8-21-12-13/h4-8,10,12,25H,2-3,9,11H2,1H3/t19-/m1/s1. The number of ketones is 1. The molecule has 0 radical (unpaired) electrons. The summed E-state index contributed by atoms with van der Waals surface area (Å²) in [7, 11) is 0. The highest BCUT2D eigenvalue weighted by Gasteiger charge is 2.50. The van der Waals surface area contributed by atoms with Gasteiger partial charge >= 0.3 is 0 Å². The smallest absolute Gasteiger partial charge is 0.264 e. The monoisotopic (exact) mass is 402 g/mol. The van der Waals surface area contributed by atoms with Crippen molar-refractivity contribution < 1.29 is 14.7 Å². The number of anilines is 1. The predicted molar refractivity (Wildman–Crippen MR) is 98.5 cm³/mol. The third-order valence-corrected chi connectivity index (χ3v) is 4.92. The molecule has 1 N–H and O–H groups in total. The molecule has 2 heterocycles. The third kappa shape index (κ3) is 3.24. The summed E-state index contributed by atoms with van der Waals surface area (Å²) in [4.78, 5) is 31.1. The van der Waals surface area contributed by atoms with E-state index in [1.54, 1.807) is 35.4 Å². The van der Waals surface area contributed by atoms with Crippen LogP contribution in [0.4, 0.5) is 5.69 Å². The van der Waals surface area contributed by atoms with E-state index in [0.29, 0.717) is 23.4 Å². The number of carbonyl (C=O) groups is 2. The Bertz CT molecular complexity index is 810. The lowest BCUT2D eigenvalue weighted by Gasteiger charge is -2.22. The van der Waals surface area contributed by atoms with Gasteiger partial charge in [0.25, 0.3) is 5.91 Å². The zero-order chi connectivity index (χ0) is 18.0. The largest absolute Gasteiger partial charge is 0.375 e. The van der Waals surface area contributed by atoms with Gasteiger partial charge in [-0.1, -0.05) is 29.3 Å². The quantitative estimate of drug-likeness (QED) is 0.751. The maximum atomic E-state index is 13.0. The maximum absolute atomic E-state index is 13.0. The van der Waals surface area contributed by atoms with Gasteiger partial charge in [0.1, 0.15) is 0 Å². The van der Waals surface area contributed by atoms with E-state index in [1.807, 2.05) is 13.0 Å². The average molecular weight is 403 g/mol. The summed E-state index contributed by atoms with van der Waals surface area (Å²) in [5.41, 5.74) is -0.324. The fourth-order valence-corrected chi connectivity index (χ4v) is 3.46. The molecule has 25 heavy (non-hydrogen) atoms. The van der Waals surface area contributed by atoms with Gasteiger partial charge in [0.05, 0.1) is 12.1 Å². The van der Waals surface area contributed by atoms with Crippen LogP contribution in [0.2, 0.25) is 0 Å². The molecule has 0 saturated carbocycles. The molecule has 6 heteroatoms. The number of fused-ring (bicyclic) bond motifs is 1. The Morgan fingerprint density at radius 3 is 2.84 bits per heavy atom. The number of nitrogens with zero attached hydrogens (tertiary/aromatic N) is 2. The summed E-state index contributed by atoms with van der Waals surface area (Å²) in [6.45, 7) is 2.56. The highest BCUT2D eigenvalue weighted by atomic mass is 79.9. The van der Waals surface area contributed by atoms with Gasteiger partial charge in [-0.05, 0) is 36.8 Å². The first-order valence-electron chi connectivity index (χ1n) is 8.25. The lowest BCUT2D eigenvalue weighted by atomic mass is 9.88. The van der Waals surface area contributed by atoms with Crippen molar-refractivity contribution in [3.8, 4) is 0 Å². The van der Waals surface area contributed by atoms with E-state index in [1.165, 1.54) is 6.20 Å². The number of aromatic nitrogens is 1. The highest BCUT2D eigenvalue weighted by molar-refractivity contribution is 9.10. The van der Waals surface area contributed by atoms with E-state index < -0.39 is 11.5 Å². The number of carbonyl (C=O) groups excluding carboxylic acids is 2. The Morgan fingerprint density at radius 2 is 2.16 bits per heavy atom. The minimum Gasteiger partial charge on any atom is -0.375 e. The number of rotatable bonds is 6. The average Bonchev–Trinajstić information content (AvgIpc) is 2.81. The molecule has 0 bridgehead atoms. The summed E-state index contributed by atoms with van der Waals surface area (Å²) in [6.07, 6.45) is 4.48. The molecule has 130 valence electrons. The molecule has 1 aliphatic rings. The van der Waals surface area contributed by atoms with Crippen LogP contribution < -0.4 is 4.90 Å². The summed E-state index contributed by atoms with van der Waals surface area (Å²) < 4.78 is 0.753.